The number of methoxy groups -OCH3 is 1. The normalized spacial score (nSPS) is 10.7. The van der Waals surface area contributed by atoms with Crippen molar-refractivity contribution in [1.29, 1.82) is 0 Å². The first kappa shape index (κ1) is 11.9. The average molecular weight is 236 g/mol. The molecule has 0 aromatic carbocycles. The molecule has 0 saturated carbocycles. The molecule has 0 N–H and O–H groups in total. The van der Waals surface area contributed by atoms with Gasteiger partial charge in [0.2, 0.25) is 0 Å². The monoisotopic (exact) mass is 235 g/mol. The first-order valence-corrected chi connectivity index (χ1v) is 5.78. The summed E-state index contributed by atoms with van der Waals surface area (Å²) in [6, 6.07) is 0. The van der Waals surface area contributed by atoms with Gasteiger partial charge in [-0.25, -0.2) is 4.98 Å². The Morgan fingerprint density at radius 2 is 2.29 bits per heavy atom. The third-order valence-electron chi connectivity index (χ3n) is 1.63. The van der Waals surface area contributed by atoms with Crippen LogP contribution in [0.4, 0.5) is 0 Å². The Morgan fingerprint density at radius 1 is 1.43 bits per heavy atom. The average Bonchev–Trinajstić information content (AvgIpc) is 2.65. The van der Waals surface area contributed by atoms with Crippen LogP contribution in [0.3, 0.4) is 0 Å². The van der Waals surface area contributed by atoms with Gasteiger partial charge in [-0.15, -0.1) is 22.9 Å². The second-order valence-corrected chi connectivity index (χ2v) is 4.18. The van der Waals surface area contributed by atoms with Crippen LogP contribution in [0.2, 0.25) is 0 Å². The molecule has 1 rings (SSSR count). The van der Waals surface area contributed by atoms with Crippen molar-refractivity contribution in [3.05, 3.63) is 16.1 Å². The fraction of sp³-hybridized carbons (Fsp3) is 0.667. The molecule has 3 nitrogen and oxygen atoms in total. The summed E-state index contributed by atoms with van der Waals surface area (Å²) in [5.41, 5.74) is 0. The number of ether oxygens (including phenoxy) is 2. The summed E-state index contributed by atoms with van der Waals surface area (Å²) in [5, 5.41) is 1.08. The maximum atomic E-state index is 5.67. The molecule has 0 radical (unpaired) electrons. The van der Waals surface area contributed by atoms with Crippen LogP contribution in [0.5, 0.6) is 0 Å². The number of alkyl halides is 1. The van der Waals surface area contributed by atoms with Gasteiger partial charge in [-0.1, -0.05) is 0 Å². The molecule has 0 aliphatic heterocycles. The van der Waals surface area contributed by atoms with Crippen LogP contribution in [0, 0.1) is 0 Å². The van der Waals surface area contributed by atoms with E-state index >= 15 is 0 Å². The van der Waals surface area contributed by atoms with Gasteiger partial charge in [0.25, 0.3) is 0 Å². The number of aromatic nitrogens is 1. The predicted molar refractivity (Wildman–Crippen MR) is 58.1 cm³/mol. The minimum Gasteiger partial charge on any atom is -0.382 e. The molecule has 0 saturated heterocycles. The third kappa shape index (κ3) is 4.37. The van der Waals surface area contributed by atoms with Crippen molar-refractivity contribution in [3.63, 3.8) is 0 Å². The van der Waals surface area contributed by atoms with Gasteiger partial charge in [-0.05, 0) is 0 Å². The molecular weight excluding hydrogens is 222 g/mol. The molecular formula is C9H14ClNO2S. The van der Waals surface area contributed by atoms with E-state index in [1.807, 2.05) is 6.20 Å². The van der Waals surface area contributed by atoms with E-state index in [0.29, 0.717) is 25.7 Å². The largest absolute Gasteiger partial charge is 0.382 e. The lowest BCUT2D eigenvalue weighted by atomic mass is 10.5. The molecule has 0 bridgehead atoms. The maximum absolute atomic E-state index is 5.67. The molecule has 0 aliphatic carbocycles. The summed E-state index contributed by atoms with van der Waals surface area (Å²) in [5.74, 6) is 0.544. The Kier molecular flexibility index (Phi) is 6.10. The topological polar surface area (TPSA) is 31.4 Å². The van der Waals surface area contributed by atoms with Gasteiger partial charge in [0.1, 0.15) is 0 Å². The number of nitrogens with zero attached hydrogens (tertiary/aromatic N) is 1. The number of hydrogen-bond acceptors (Lipinski definition) is 4. The molecule has 0 aliphatic rings. The number of thiazole rings is 1. The minimum atomic E-state index is 0.544. The van der Waals surface area contributed by atoms with Crippen LogP contribution in [0.1, 0.15) is 9.88 Å². The van der Waals surface area contributed by atoms with E-state index in [4.69, 9.17) is 21.1 Å². The summed E-state index contributed by atoms with van der Waals surface area (Å²) in [6.07, 6.45) is 2.67. The van der Waals surface area contributed by atoms with Gasteiger partial charge >= 0.3 is 0 Å². The summed E-state index contributed by atoms with van der Waals surface area (Å²) in [4.78, 5) is 5.34. The highest BCUT2D eigenvalue weighted by Crippen LogP contribution is 2.15. The van der Waals surface area contributed by atoms with Gasteiger partial charge in [0.15, 0.2) is 0 Å². The van der Waals surface area contributed by atoms with Crippen molar-refractivity contribution >= 4 is 22.9 Å². The first-order chi connectivity index (χ1) is 6.86. The summed E-state index contributed by atoms with van der Waals surface area (Å²) in [7, 11) is 1.66. The van der Waals surface area contributed by atoms with Gasteiger partial charge in [0.05, 0.1) is 30.7 Å². The van der Waals surface area contributed by atoms with Gasteiger partial charge in [-0.3, -0.25) is 0 Å². The second-order valence-electron chi connectivity index (χ2n) is 2.71. The molecule has 0 fully saturated rings. The molecule has 1 aromatic heterocycles. The van der Waals surface area contributed by atoms with Crippen LogP contribution in [-0.2, 0) is 21.8 Å². The van der Waals surface area contributed by atoms with Crippen molar-refractivity contribution in [1.82, 2.24) is 4.98 Å². The van der Waals surface area contributed by atoms with Crippen LogP contribution < -0.4 is 0 Å². The fourth-order valence-electron chi connectivity index (χ4n) is 0.929. The third-order valence-corrected chi connectivity index (χ3v) is 3.13. The highest BCUT2D eigenvalue weighted by Gasteiger charge is 2.00. The zero-order valence-corrected chi connectivity index (χ0v) is 9.74. The van der Waals surface area contributed by atoms with E-state index < -0.39 is 0 Å². The van der Waals surface area contributed by atoms with Crippen LogP contribution >= 0.6 is 22.9 Å². The smallest absolute Gasteiger partial charge is 0.0951 e. The van der Waals surface area contributed by atoms with Crippen LogP contribution in [0.25, 0.3) is 0 Å². The van der Waals surface area contributed by atoms with Crippen molar-refractivity contribution in [2.24, 2.45) is 0 Å². The summed E-state index contributed by atoms with van der Waals surface area (Å²) < 4.78 is 10.2. The first-order valence-electron chi connectivity index (χ1n) is 4.43. The zero-order valence-electron chi connectivity index (χ0n) is 8.16. The molecule has 1 heterocycles. The van der Waals surface area contributed by atoms with E-state index in [2.05, 4.69) is 4.98 Å². The molecule has 5 heteroatoms. The predicted octanol–water partition coefficient (Wildman–Crippen LogP) is 2.09. The Balaban J connectivity index is 2.12. The van der Waals surface area contributed by atoms with Gasteiger partial charge < -0.3 is 9.47 Å². The Labute approximate surface area is 93.0 Å². The van der Waals surface area contributed by atoms with E-state index in [0.717, 1.165) is 16.3 Å². The van der Waals surface area contributed by atoms with E-state index in [-0.39, 0.29) is 0 Å². The quantitative estimate of drug-likeness (QED) is 0.536. The van der Waals surface area contributed by atoms with E-state index in [1.165, 1.54) is 0 Å². The summed E-state index contributed by atoms with van der Waals surface area (Å²) >= 11 is 7.31. The van der Waals surface area contributed by atoms with Crippen LogP contribution in [-0.4, -0.2) is 31.9 Å². The lowest BCUT2D eigenvalue weighted by Crippen LogP contribution is -2.04. The van der Waals surface area contributed by atoms with E-state index in [9.17, 15) is 0 Å². The molecule has 0 unspecified atom stereocenters. The highest BCUT2D eigenvalue weighted by molar-refractivity contribution is 7.11. The highest BCUT2D eigenvalue weighted by atomic mass is 35.5. The zero-order chi connectivity index (χ0) is 10.2. The summed E-state index contributed by atoms with van der Waals surface area (Å²) in [6.45, 7) is 1.98. The van der Waals surface area contributed by atoms with Gasteiger partial charge in [0, 0.05) is 24.6 Å². The standard InChI is InChI=1S/C9H14ClNO2S/c1-12-4-5-13-3-2-9-11-7-8(6-10)14-9/h7H,2-6H2,1H3. The minimum absolute atomic E-state index is 0.544. The number of halogens is 1. The lowest BCUT2D eigenvalue weighted by Gasteiger charge is -2.00. The molecule has 0 amide bonds. The fourth-order valence-corrected chi connectivity index (χ4v) is 1.92. The van der Waals surface area contributed by atoms with Crippen molar-refractivity contribution in [2.75, 3.05) is 26.9 Å². The second kappa shape index (κ2) is 7.17. The van der Waals surface area contributed by atoms with Crippen molar-refractivity contribution < 1.29 is 9.47 Å². The van der Waals surface area contributed by atoms with Crippen LogP contribution in [0.15, 0.2) is 6.20 Å². The van der Waals surface area contributed by atoms with Crippen molar-refractivity contribution in [2.45, 2.75) is 12.3 Å². The molecule has 80 valence electrons. The van der Waals surface area contributed by atoms with E-state index in [1.54, 1.807) is 18.4 Å². The number of hydrogen-bond donors (Lipinski definition) is 0. The SMILES string of the molecule is COCCOCCc1ncc(CCl)s1. The van der Waals surface area contributed by atoms with Gasteiger partial charge in [-0.2, -0.15) is 0 Å². The Hall–Kier alpha value is -0.160. The molecule has 14 heavy (non-hydrogen) atoms. The maximum Gasteiger partial charge on any atom is 0.0951 e. The lowest BCUT2D eigenvalue weighted by molar-refractivity contribution is 0.0722. The Bertz CT molecular complexity index is 255. The molecule has 0 atom stereocenters. The van der Waals surface area contributed by atoms with Crippen molar-refractivity contribution in [3.8, 4) is 0 Å². The molecule has 1 aromatic rings. The molecule has 0 spiro atoms. The number of rotatable bonds is 7. The Morgan fingerprint density at radius 3 is 2.93 bits per heavy atom.